The SMILES string of the molecule is CC(C)(C)OC(=O)N(CCO)[C@H]1CCc2c(ccc(O)c2O)C1. The van der Waals surface area contributed by atoms with Gasteiger partial charge in [0.05, 0.1) is 6.61 Å². The van der Waals surface area contributed by atoms with Crippen LogP contribution in [0.2, 0.25) is 0 Å². The first kappa shape index (κ1) is 17.4. The lowest BCUT2D eigenvalue weighted by Gasteiger charge is -2.36. The Hall–Kier alpha value is -1.95. The molecule has 1 atom stereocenters. The van der Waals surface area contributed by atoms with E-state index in [1.807, 2.05) is 0 Å². The molecule has 0 radical (unpaired) electrons. The lowest BCUT2D eigenvalue weighted by Crippen LogP contribution is -2.47. The molecule has 1 aromatic rings. The molecule has 1 amide bonds. The van der Waals surface area contributed by atoms with Gasteiger partial charge in [0.2, 0.25) is 0 Å². The van der Waals surface area contributed by atoms with Gasteiger partial charge < -0.3 is 25.0 Å². The summed E-state index contributed by atoms with van der Waals surface area (Å²) in [5, 5.41) is 28.8. The molecule has 0 bridgehead atoms. The second-order valence-corrected chi connectivity index (χ2v) is 6.86. The summed E-state index contributed by atoms with van der Waals surface area (Å²) in [6.07, 6.45) is 1.32. The number of benzene rings is 1. The molecule has 0 aromatic heterocycles. The van der Waals surface area contributed by atoms with E-state index in [2.05, 4.69) is 0 Å². The van der Waals surface area contributed by atoms with Crippen molar-refractivity contribution in [1.29, 1.82) is 0 Å². The molecule has 3 N–H and O–H groups in total. The Morgan fingerprint density at radius 1 is 1.35 bits per heavy atom. The minimum absolute atomic E-state index is 0.0769. The molecule has 6 heteroatoms. The molecule has 1 aliphatic rings. The average Bonchev–Trinajstić information content (AvgIpc) is 2.46. The van der Waals surface area contributed by atoms with Crippen LogP contribution in [-0.2, 0) is 17.6 Å². The minimum Gasteiger partial charge on any atom is -0.504 e. The molecule has 128 valence electrons. The number of carbonyl (C=O) groups excluding carboxylic acids is 1. The fourth-order valence-electron chi connectivity index (χ4n) is 2.92. The van der Waals surface area contributed by atoms with Crippen molar-refractivity contribution in [3.8, 4) is 11.5 Å². The highest BCUT2D eigenvalue weighted by Crippen LogP contribution is 2.36. The van der Waals surface area contributed by atoms with Crippen molar-refractivity contribution in [3.63, 3.8) is 0 Å². The fourth-order valence-corrected chi connectivity index (χ4v) is 2.92. The van der Waals surface area contributed by atoms with E-state index in [1.165, 1.54) is 6.07 Å². The Morgan fingerprint density at radius 3 is 2.65 bits per heavy atom. The normalized spacial score (nSPS) is 17.5. The molecule has 0 aliphatic heterocycles. The lowest BCUT2D eigenvalue weighted by atomic mass is 9.86. The van der Waals surface area contributed by atoms with Crippen LogP contribution in [0, 0.1) is 0 Å². The number of fused-ring (bicyclic) bond motifs is 1. The molecular weight excluding hydrogens is 298 g/mol. The van der Waals surface area contributed by atoms with Crippen LogP contribution in [0.3, 0.4) is 0 Å². The number of ether oxygens (including phenoxy) is 1. The van der Waals surface area contributed by atoms with Gasteiger partial charge in [-0.3, -0.25) is 0 Å². The van der Waals surface area contributed by atoms with Gasteiger partial charge in [0, 0.05) is 18.2 Å². The number of aliphatic hydroxyl groups is 1. The number of hydrogen-bond donors (Lipinski definition) is 3. The zero-order chi connectivity index (χ0) is 17.2. The average molecular weight is 323 g/mol. The number of aliphatic hydroxyl groups excluding tert-OH is 1. The summed E-state index contributed by atoms with van der Waals surface area (Å²) in [7, 11) is 0. The summed E-state index contributed by atoms with van der Waals surface area (Å²) < 4.78 is 5.42. The Labute approximate surface area is 136 Å². The summed E-state index contributed by atoms with van der Waals surface area (Å²) in [6, 6.07) is 3.12. The third-order valence-electron chi connectivity index (χ3n) is 3.95. The van der Waals surface area contributed by atoms with E-state index in [1.54, 1.807) is 31.7 Å². The van der Waals surface area contributed by atoms with E-state index in [0.717, 1.165) is 11.1 Å². The number of carbonyl (C=O) groups is 1. The quantitative estimate of drug-likeness (QED) is 0.742. The molecule has 0 saturated heterocycles. The highest BCUT2D eigenvalue weighted by atomic mass is 16.6. The lowest BCUT2D eigenvalue weighted by molar-refractivity contribution is 0.0108. The van der Waals surface area contributed by atoms with Gasteiger partial charge in [-0.25, -0.2) is 4.79 Å². The second kappa shape index (κ2) is 6.66. The van der Waals surface area contributed by atoms with Crippen molar-refractivity contribution >= 4 is 6.09 Å². The van der Waals surface area contributed by atoms with Gasteiger partial charge in [-0.2, -0.15) is 0 Å². The molecule has 0 heterocycles. The van der Waals surface area contributed by atoms with Gasteiger partial charge in [0.1, 0.15) is 5.60 Å². The number of phenols is 2. The van der Waals surface area contributed by atoms with Gasteiger partial charge in [-0.15, -0.1) is 0 Å². The summed E-state index contributed by atoms with van der Waals surface area (Å²) in [5.74, 6) is -0.200. The largest absolute Gasteiger partial charge is 0.504 e. The number of nitrogens with zero attached hydrogens (tertiary/aromatic N) is 1. The number of hydrogen-bond acceptors (Lipinski definition) is 5. The van der Waals surface area contributed by atoms with Crippen molar-refractivity contribution in [2.75, 3.05) is 13.2 Å². The smallest absolute Gasteiger partial charge is 0.410 e. The molecule has 23 heavy (non-hydrogen) atoms. The van der Waals surface area contributed by atoms with E-state index >= 15 is 0 Å². The highest BCUT2D eigenvalue weighted by molar-refractivity contribution is 5.69. The third kappa shape index (κ3) is 4.07. The summed E-state index contributed by atoms with van der Waals surface area (Å²) in [5.41, 5.74) is 1.04. The molecule has 1 aromatic carbocycles. The van der Waals surface area contributed by atoms with Crippen LogP contribution in [0.1, 0.15) is 38.3 Å². The monoisotopic (exact) mass is 323 g/mol. The Morgan fingerprint density at radius 2 is 2.04 bits per heavy atom. The molecular formula is C17H25NO5. The van der Waals surface area contributed by atoms with E-state index in [-0.39, 0.29) is 30.7 Å². The third-order valence-corrected chi connectivity index (χ3v) is 3.95. The Bertz CT molecular complexity index is 579. The van der Waals surface area contributed by atoms with Crippen LogP contribution in [0.25, 0.3) is 0 Å². The van der Waals surface area contributed by atoms with E-state index in [4.69, 9.17) is 4.74 Å². The number of rotatable bonds is 3. The standard InChI is InChI=1S/C17H25NO5/c1-17(2,3)23-16(22)18(8-9-19)12-5-6-13-11(10-12)4-7-14(20)15(13)21/h4,7,12,19-21H,5-6,8-10H2,1-3H3/t12-/m0/s1. The minimum atomic E-state index is -0.596. The van der Waals surface area contributed by atoms with Gasteiger partial charge >= 0.3 is 6.09 Å². The van der Waals surface area contributed by atoms with Crippen LogP contribution >= 0.6 is 0 Å². The zero-order valence-corrected chi connectivity index (χ0v) is 13.9. The predicted octanol–water partition coefficient (Wildman–Crippen LogP) is 2.18. The Kier molecular flexibility index (Phi) is 5.04. The maximum atomic E-state index is 12.4. The predicted molar refractivity (Wildman–Crippen MR) is 85.6 cm³/mol. The summed E-state index contributed by atoms with van der Waals surface area (Å²) in [4.78, 5) is 13.9. The molecule has 0 spiro atoms. The van der Waals surface area contributed by atoms with Crippen LogP contribution in [-0.4, -0.2) is 51.1 Å². The molecule has 1 aliphatic carbocycles. The summed E-state index contributed by atoms with van der Waals surface area (Å²) >= 11 is 0. The number of amides is 1. The molecule has 2 rings (SSSR count). The van der Waals surface area contributed by atoms with Crippen LogP contribution < -0.4 is 0 Å². The van der Waals surface area contributed by atoms with Crippen molar-refractivity contribution in [2.45, 2.75) is 51.7 Å². The first-order valence-corrected chi connectivity index (χ1v) is 7.86. The number of phenolic OH excluding ortho intramolecular Hbond substituents is 2. The van der Waals surface area contributed by atoms with Crippen molar-refractivity contribution in [1.82, 2.24) is 4.90 Å². The second-order valence-electron chi connectivity index (χ2n) is 6.86. The molecule has 6 nitrogen and oxygen atoms in total. The number of aromatic hydroxyl groups is 2. The first-order valence-electron chi connectivity index (χ1n) is 7.86. The van der Waals surface area contributed by atoms with Crippen molar-refractivity contribution in [3.05, 3.63) is 23.3 Å². The van der Waals surface area contributed by atoms with E-state index < -0.39 is 11.7 Å². The van der Waals surface area contributed by atoms with E-state index in [0.29, 0.717) is 19.3 Å². The van der Waals surface area contributed by atoms with Crippen molar-refractivity contribution < 1.29 is 24.9 Å². The van der Waals surface area contributed by atoms with Gasteiger partial charge in [0.15, 0.2) is 11.5 Å². The zero-order valence-electron chi connectivity index (χ0n) is 13.9. The molecule has 0 unspecified atom stereocenters. The molecule has 0 fully saturated rings. The van der Waals surface area contributed by atoms with Crippen LogP contribution in [0.4, 0.5) is 4.79 Å². The van der Waals surface area contributed by atoms with Crippen molar-refractivity contribution in [2.24, 2.45) is 0 Å². The van der Waals surface area contributed by atoms with E-state index in [9.17, 15) is 20.1 Å². The summed E-state index contributed by atoms with van der Waals surface area (Å²) in [6.45, 7) is 5.49. The first-order chi connectivity index (χ1) is 10.7. The molecule has 0 saturated carbocycles. The van der Waals surface area contributed by atoms with Gasteiger partial charge in [-0.1, -0.05) is 6.07 Å². The maximum absolute atomic E-state index is 12.4. The van der Waals surface area contributed by atoms with Gasteiger partial charge in [-0.05, 0) is 51.7 Å². The van der Waals surface area contributed by atoms with Crippen LogP contribution in [0.5, 0.6) is 11.5 Å². The Balaban J connectivity index is 2.18. The highest BCUT2D eigenvalue weighted by Gasteiger charge is 2.31. The van der Waals surface area contributed by atoms with Crippen LogP contribution in [0.15, 0.2) is 12.1 Å². The fraction of sp³-hybridized carbons (Fsp3) is 0.588. The van der Waals surface area contributed by atoms with Gasteiger partial charge in [0.25, 0.3) is 0 Å². The topological polar surface area (TPSA) is 90.2 Å². The maximum Gasteiger partial charge on any atom is 0.410 e.